The van der Waals surface area contributed by atoms with E-state index in [1.54, 1.807) is 19.3 Å². The molecule has 1 aromatic rings. The number of aromatic amines is 1. The van der Waals surface area contributed by atoms with Gasteiger partial charge in [0.1, 0.15) is 5.82 Å². The van der Waals surface area contributed by atoms with Crippen LogP contribution in [0.15, 0.2) is 12.4 Å². The number of hydrogen-bond donors (Lipinski definition) is 2. The monoisotopic (exact) mass is 245 g/mol. The van der Waals surface area contributed by atoms with E-state index >= 15 is 0 Å². The number of sulfonamides is 1. The van der Waals surface area contributed by atoms with Crippen molar-refractivity contribution in [3.8, 4) is 0 Å². The van der Waals surface area contributed by atoms with Gasteiger partial charge in [0.2, 0.25) is 10.0 Å². The van der Waals surface area contributed by atoms with Gasteiger partial charge in [0.25, 0.3) is 0 Å². The first kappa shape index (κ1) is 13.2. The van der Waals surface area contributed by atoms with E-state index in [1.807, 2.05) is 13.8 Å². The highest BCUT2D eigenvalue weighted by Gasteiger charge is 2.17. The highest BCUT2D eigenvalue weighted by atomic mass is 32.2. The van der Waals surface area contributed by atoms with E-state index < -0.39 is 10.0 Å². The van der Waals surface area contributed by atoms with E-state index in [9.17, 15) is 8.42 Å². The minimum absolute atomic E-state index is 0.162. The molecule has 0 fully saturated rings. The molecule has 1 rings (SSSR count). The molecule has 0 aromatic carbocycles. The van der Waals surface area contributed by atoms with Gasteiger partial charge in [-0.2, -0.15) is 0 Å². The Hall–Kier alpha value is -0.880. The fraction of sp³-hybridized carbons (Fsp3) is 0.700. The van der Waals surface area contributed by atoms with E-state index in [0.29, 0.717) is 18.2 Å². The number of aromatic nitrogens is 2. The third-order valence-corrected chi connectivity index (χ3v) is 3.74. The molecular formula is C10H19N3O2S. The summed E-state index contributed by atoms with van der Waals surface area (Å²) in [7, 11) is -3.21. The molecule has 1 unspecified atom stereocenters. The van der Waals surface area contributed by atoms with Crippen LogP contribution in [0, 0.1) is 5.92 Å². The van der Waals surface area contributed by atoms with Crippen molar-refractivity contribution in [1.82, 2.24) is 14.7 Å². The van der Waals surface area contributed by atoms with Crippen molar-refractivity contribution < 1.29 is 8.42 Å². The summed E-state index contributed by atoms with van der Waals surface area (Å²) >= 11 is 0. The molecule has 16 heavy (non-hydrogen) atoms. The summed E-state index contributed by atoms with van der Waals surface area (Å²) in [5, 5.41) is 0. The maximum atomic E-state index is 11.7. The lowest BCUT2D eigenvalue weighted by atomic mass is 10.2. The van der Waals surface area contributed by atoms with E-state index in [4.69, 9.17) is 0 Å². The molecule has 0 aliphatic rings. The molecule has 0 spiro atoms. The fourth-order valence-corrected chi connectivity index (χ4v) is 2.84. The topological polar surface area (TPSA) is 74.8 Å². The van der Waals surface area contributed by atoms with Gasteiger partial charge in [0.05, 0.1) is 11.8 Å². The van der Waals surface area contributed by atoms with Crippen molar-refractivity contribution in [2.24, 2.45) is 5.92 Å². The summed E-state index contributed by atoms with van der Waals surface area (Å²) in [6.07, 6.45) is 3.95. The predicted molar refractivity (Wildman–Crippen MR) is 63.4 cm³/mol. The Bertz CT molecular complexity index is 398. The van der Waals surface area contributed by atoms with Gasteiger partial charge in [0.15, 0.2) is 0 Å². The number of rotatable bonds is 6. The largest absolute Gasteiger partial charge is 0.347 e. The highest BCUT2D eigenvalue weighted by molar-refractivity contribution is 7.89. The molecule has 0 saturated heterocycles. The quantitative estimate of drug-likeness (QED) is 0.796. The molecule has 0 radical (unpaired) electrons. The molecule has 1 aromatic heterocycles. The normalized spacial score (nSPS) is 14.2. The molecule has 0 bridgehead atoms. The molecule has 2 N–H and O–H groups in total. The summed E-state index contributed by atoms with van der Waals surface area (Å²) in [4.78, 5) is 6.90. The van der Waals surface area contributed by atoms with Crippen molar-refractivity contribution in [2.45, 2.75) is 33.2 Å². The van der Waals surface area contributed by atoms with Crippen LogP contribution >= 0.6 is 0 Å². The summed E-state index contributed by atoms with van der Waals surface area (Å²) in [5.74, 6) is 1.18. The van der Waals surface area contributed by atoms with Crippen LogP contribution in [0.5, 0.6) is 0 Å². The van der Waals surface area contributed by atoms with E-state index in [2.05, 4.69) is 14.7 Å². The van der Waals surface area contributed by atoms with Crippen molar-refractivity contribution in [3.05, 3.63) is 18.2 Å². The Balaban J connectivity index is 2.53. The number of hydrogen-bond acceptors (Lipinski definition) is 3. The van der Waals surface area contributed by atoms with Gasteiger partial charge in [-0.05, 0) is 19.3 Å². The lowest BCUT2D eigenvalue weighted by Crippen LogP contribution is -2.30. The van der Waals surface area contributed by atoms with Crippen LogP contribution in [-0.2, 0) is 10.0 Å². The lowest BCUT2D eigenvalue weighted by molar-refractivity contribution is 0.546. The van der Waals surface area contributed by atoms with Crippen LogP contribution in [0.1, 0.15) is 39.1 Å². The molecule has 0 amide bonds. The third kappa shape index (κ3) is 4.32. The summed E-state index contributed by atoms with van der Waals surface area (Å²) in [5.41, 5.74) is 0. The van der Waals surface area contributed by atoms with Crippen molar-refractivity contribution >= 4 is 10.0 Å². The molecule has 1 heterocycles. The Morgan fingerprint density at radius 2 is 2.12 bits per heavy atom. The van der Waals surface area contributed by atoms with Crippen molar-refractivity contribution in [2.75, 3.05) is 5.75 Å². The minimum atomic E-state index is -3.21. The van der Waals surface area contributed by atoms with E-state index in [0.717, 1.165) is 0 Å². The molecule has 92 valence electrons. The number of nitrogens with one attached hydrogen (secondary N) is 2. The fourth-order valence-electron chi connectivity index (χ4n) is 1.29. The first-order valence-electron chi connectivity index (χ1n) is 5.40. The van der Waals surface area contributed by atoms with Crippen LogP contribution in [0.3, 0.4) is 0 Å². The first-order valence-corrected chi connectivity index (χ1v) is 7.05. The second-order valence-electron chi connectivity index (χ2n) is 4.32. The van der Waals surface area contributed by atoms with Gasteiger partial charge in [-0.3, -0.25) is 0 Å². The molecular weight excluding hydrogens is 226 g/mol. The standard InChI is InChI=1S/C10H19N3O2S/c1-8(2)4-7-16(14,15)13-9(3)10-11-5-6-12-10/h5-6,8-9,13H,4,7H2,1-3H3,(H,11,12). The Morgan fingerprint density at radius 3 is 2.62 bits per heavy atom. The van der Waals surface area contributed by atoms with Gasteiger partial charge in [-0.25, -0.2) is 18.1 Å². The van der Waals surface area contributed by atoms with Crippen LogP contribution in [0.25, 0.3) is 0 Å². The number of nitrogens with zero attached hydrogens (tertiary/aromatic N) is 1. The average molecular weight is 245 g/mol. The SMILES string of the molecule is CC(C)CCS(=O)(=O)NC(C)c1ncc[nH]1. The predicted octanol–water partition coefficient (Wildman–Crippen LogP) is 1.44. The third-order valence-electron chi connectivity index (χ3n) is 2.25. The summed E-state index contributed by atoms with van der Waals surface area (Å²) in [6.45, 7) is 5.78. The van der Waals surface area contributed by atoms with Gasteiger partial charge in [0, 0.05) is 12.4 Å². The Morgan fingerprint density at radius 1 is 1.44 bits per heavy atom. The van der Waals surface area contributed by atoms with Crippen LogP contribution in [0.4, 0.5) is 0 Å². The van der Waals surface area contributed by atoms with Gasteiger partial charge in [-0.15, -0.1) is 0 Å². The summed E-state index contributed by atoms with van der Waals surface area (Å²) in [6, 6.07) is -0.313. The maximum absolute atomic E-state index is 11.7. The van der Waals surface area contributed by atoms with Gasteiger partial charge < -0.3 is 4.98 Å². The first-order chi connectivity index (χ1) is 7.41. The Labute approximate surface area is 96.7 Å². The van der Waals surface area contributed by atoms with Crippen LogP contribution in [0.2, 0.25) is 0 Å². The van der Waals surface area contributed by atoms with Gasteiger partial charge in [-0.1, -0.05) is 13.8 Å². The minimum Gasteiger partial charge on any atom is -0.347 e. The maximum Gasteiger partial charge on any atom is 0.212 e. The van der Waals surface area contributed by atoms with Crippen molar-refractivity contribution in [1.29, 1.82) is 0 Å². The Kier molecular flexibility index (Phi) is 4.49. The molecule has 0 aliphatic carbocycles. The molecule has 0 saturated carbocycles. The van der Waals surface area contributed by atoms with E-state index in [-0.39, 0.29) is 11.8 Å². The molecule has 5 nitrogen and oxygen atoms in total. The number of H-pyrrole nitrogens is 1. The second kappa shape index (κ2) is 5.45. The zero-order valence-electron chi connectivity index (χ0n) is 9.90. The second-order valence-corrected chi connectivity index (χ2v) is 6.19. The highest BCUT2D eigenvalue weighted by Crippen LogP contribution is 2.09. The molecule has 1 atom stereocenters. The summed E-state index contributed by atoms with van der Waals surface area (Å²) < 4.78 is 26.0. The molecule has 6 heteroatoms. The average Bonchev–Trinajstić information content (AvgIpc) is 2.67. The van der Waals surface area contributed by atoms with Crippen molar-refractivity contribution in [3.63, 3.8) is 0 Å². The van der Waals surface area contributed by atoms with E-state index in [1.165, 1.54) is 0 Å². The zero-order chi connectivity index (χ0) is 12.2. The van der Waals surface area contributed by atoms with Crippen LogP contribution < -0.4 is 4.72 Å². The zero-order valence-corrected chi connectivity index (χ0v) is 10.7. The lowest BCUT2D eigenvalue weighted by Gasteiger charge is -2.12. The van der Waals surface area contributed by atoms with Gasteiger partial charge >= 0.3 is 0 Å². The smallest absolute Gasteiger partial charge is 0.212 e. The number of imidazole rings is 1. The van der Waals surface area contributed by atoms with Crippen LogP contribution in [-0.4, -0.2) is 24.1 Å². The molecule has 0 aliphatic heterocycles.